The first-order chi connectivity index (χ1) is 12.6. The van der Waals surface area contributed by atoms with Gasteiger partial charge in [0.15, 0.2) is 5.96 Å². The van der Waals surface area contributed by atoms with E-state index in [4.69, 9.17) is 0 Å². The SMILES string of the molecule is CCNC(=NCc1ccccc1OC(F)F)NCCc1csc(CC)n1. The van der Waals surface area contributed by atoms with Gasteiger partial charge in [-0.1, -0.05) is 25.1 Å². The van der Waals surface area contributed by atoms with Crippen LogP contribution in [0.5, 0.6) is 5.75 Å². The van der Waals surface area contributed by atoms with Crippen molar-refractivity contribution >= 4 is 17.3 Å². The number of aromatic nitrogens is 1. The van der Waals surface area contributed by atoms with Crippen molar-refractivity contribution in [2.24, 2.45) is 4.99 Å². The highest BCUT2D eigenvalue weighted by atomic mass is 32.1. The molecule has 0 bridgehead atoms. The van der Waals surface area contributed by atoms with Crippen LogP contribution < -0.4 is 15.4 Å². The third-order valence-corrected chi connectivity index (χ3v) is 4.56. The fourth-order valence-corrected chi connectivity index (χ4v) is 3.07. The molecule has 0 fully saturated rings. The number of nitrogens with zero attached hydrogens (tertiary/aromatic N) is 2. The maximum absolute atomic E-state index is 12.5. The fourth-order valence-electron chi connectivity index (χ4n) is 2.29. The lowest BCUT2D eigenvalue weighted by atomic mass is 10.2. The van der Waals surface area contributed by atoms with Crippen LogP contribution in [0.25, 0.3) is 0 Å². The van der Waals surface area contributed by atoms with E-state index in [-0.39, 0.29) is 12.3 Å². The standard InChI is InChI=1S/C18H24F2N4OS/c1-3-16-24-14(12-26-16)9-10-22-18(21-4-2)23-11-13-7-5-6-8-15(13)25-17(19)20/h5-8,12,17H,3-4,9-11H2,1-2H3,(H2,21,22,23). The molecule has 142 valence electrons. The van der Waals surface area contributed by atoms with E-state index in [0.717, 1.165) is 23.5 Å². The molecule has 1 aromatic heterocycles. The zero-order chi connectivity index (χ0) is 18.8. The zero-order valence-electron chi connectivity index (χ0n) is 15.0. The van der Waals surface area contributed by atoms with Crippen molar-refractivity contribution in [1.29, 1.82) is 0 Å². The van der Waals surface area contributed by atoms with Gasteiger partial charge in [0.25, 0.3) is 0 Å². The number of benzene rings is 1. The molecule has 8 heteroatoms. The molecule has 5 nitrogen and oxygen atoms in total. The minimum absolute atomic E-state index is 0.150. The smallest absolute Gasteiger partial charge is 0.387 e. The number of alkyl halides is 2. The zero-order valence-corrected chi connectivity index (χ0v) is 15.8. The van der Waals surface area contributed by atoms with Crippen molar-refractivity contribution in [3.05, 3.63) is 45.9 Å². The van der Waals surface area contributed by atoms with Gasteiger partial charge >= 0.3 is 6.61 Å². The highest BCUT2D eigenvalue weighted by Crippen LogP contribution is 2.20. The van der Waals surface area contributed by atoms with Gasteiger partial charge in [-0.2, -0.15) is 8.78 Å². The Morgan fingerprint density at radius 1 is 1.27 bits per heavy atom. The summed E-state index contributed by atoms with van der Waals surface area (Å²) in [6, 6.07) is 6.68. The lowest BCUT2D eigenvalue weighted by Gasteiger charge is -2.12. The van der Waals surface area contributed by atoms with E-state index in [0.29, 0.717) is 24.6 Å². The average Bonchev–Trinajstić information content (AvgIpc) is 3.08. The molecule has 1 heterocycles. The van der Waals surface area contributed by atoms with Crippen molar-refractivity contribution in [2.45, 2.75) is 39.8 Å². The van der Waals surface area contributed by atoms with Crippen LogP contribution in [0, 0.1) is 0 Å². The number of ether oxygens (including phenoxy) is 1. The highest BCUT2D eigenvalue weighted by Gasteiger charge is 2.09. The van der Waals surface area contributed by atoms with E-state index in [2.05, 4.69) is 37.7 Å². The maximum Gasteiger partial charge on any atom is 0.387 e. The molecule has 26 heavy (non-hydrogen) atoms. The minimum Gasteiger partial charge on any atom is -0.434 e. The van der Waals surface area contributed by atoms with Crippen LogP contribution in [0.4, 0.5) is 8.78 Å². The van der Waals surface area contributed by atoms with E-state index < -0.39 is 6.61 Å². The topological polar surface area (TPSA) is 58.5 Å². The van der Waals surface area contributed by atoms with Crippen molar-refractivity contribution in [3.63, 3.8) is 0 Å². The highest BCUT2D eigenvalue weighted by molar-refractivity contribution is 7.09. The average molecular weight is 382 g/mol. The molecular weight excluding hydrogens is 358 g/mol. The molecule has 0 amide bonds. The number of aliphatic imine (C=N–C) groups is 1. The molecule has 2 aromatic rings. The van der Waals surface area contributed by atoms with Crippen LogP contribution in [-0.4, -0.2) is 30.6 Å². The molecule has 0 aliphatic rings. The molecule has 0 saturated heterocycles. The molecule has 0 aliphatic heterocycles. The van der Waals surface area contributed by atoms with Crippen LogP contribution in [0.2, 0.25) is 0 Å². The third kappa shape index (κ3) is 6.59. The predicted octanol–water partition coefficient (Wildman–Crippen LogP) is 3.60. The minimum atomic E-state index is -2.85. The Hall–Kier alpha value is -2.22. The summed E-state index contributed by atoms with van der Waals surface area (Å²) in [5.74, 6) is 0.780. The van der Waals surface area contributed by atoms with E-state index in [9.17, 15) is 8.78 Å². The monoisotopic (exact) mass is 382 g/mol. The number of thiazole rings is 1. The van der Waals surface area contributed by atoms with E-state index in [1.807, 2.05) is 6.92 Å². The molecule has 0 atom stereocenters. The molecule has 0 spiro atoms. The van der Waals surface area contributed by atoms with Crippen molar-refractivity contribution < 1.29 is 13.5 Å². The first-order valence-electron chi connectivity index (χ1n) is 8.60. The van der Waals surface area contributed by atoms with E-state index in [1.165, 1.54) is 6.07 Å². The van der Waals surface area contributed by atoms with Gasteiger partial charge in [-0.25, -0.2) is 9.98 Å². The Kier molecular flexibility index (Phi) is 8.27. The van der Waals surface area contributed by atoms with E-state index in [1.54, 1.807) is 29.5 Å². The number of guanidine groups is 1. The van der Waals surface area contributed by atoms with Gasteiger partial charge in [0.1, 0.15) is 5.75 Å². The normalized spacial score (nSPS) is 11.7. The fraction of sp³-hybridized carbons (Fsp3) is 0.444. The van der Waals surface area contributed by atoms with Gasteiger partial charge in [-0.3, -0.25) is 0 Å². The first-order valence-corrected chi connectivity index (χ1v) is 9.48. The molecule has 0 aliphatic carbocycles. The maximum atomic E-state index is 12.5. The van der Waals surface area contributed by atoms with Gasteiger partial charge in [-0.15, -0.1) is 11.3 Å². The van der Waals surface area contributed by atoms with Crippen LogP contribution >= 0.6 is 11.3 Å². The number of aryl methyl sites for hydroxylation is 1. The summed E-state index contributed by atoms with van der Waals surface area (Å²) in [5, 5.41) is 9.60. The lowest BCUT2D eigenvalue weighted by molar-refractivity contribution is -0.0504. The van der Waals surface area contributed by atoms with Gasteiger partial charge in [0.05, 0.1) is 17.2 Å². The first kappa shape index (κ1) is 20.1. The van der Waals surface area contributed by atoms with Gasteiger partial charge in [0.2, 0.25) is 0 Å². The number of hydrogen-bond acceptors (Lipinski definition) is 4. The molecule has 1 aromatic carbocycles. The largest absolute Gasteiger partial charge is 0.434 e. The lowest BCUT2D eigenvalue weighted by Crippen LogP contribution is -2.38. The Morgan fingerprint density at radius 2 is 2.08 bits per heavy atom. The summed E-state index contributed by atoms with van der Waals surface area (Å²) in [4.78, 5) is 8.99. The van der Waals surface area contributed by atoms with Crippen LogP contribution in [0.3, 0.4) is 0 Å². The molecule has 0 saturated carbocycles. The Bertz CT molecular complexity index is 706. The van der Waals surface area contributed by atoms with Crippen LogP contribution in [-0.2, 0) is 19.4 Å². The second-order valence-corrected chi connectivity index (χ2v) is 6.39. The quantitative estimate of drug-likeness (QED) is 0.514. The van der Waals surface area contributed by atoms with Gasteiger partial charge in [0, 0.05) is 30.5 Å². The Labute approximate surface area is 156 Å². The molecule has 2 N–H and O–H groups in total. The van der Waals surface area contributed by atoms with Gasteiger partial charge in [-0.05, 0) is 19.4 Å². The molecular formula is C18H24F2N4OS. The van der Waals surface area contributed by atoms with Crippen LogP contribution in [0.15, 0.2) is 34.6 Å². The number of halogens is 2. The summed E-state index contributed by atoms with van der Waals surface area (Å²) < 4.78 is 29.5. The van der Waals surface area contributed by atoms with Crippen molar-refractivity contribution in [2.75, 3.05) is 13.1 Å². The number of rotatable bonds is 9. The summed E-state index contributed by atoms with van der Waals surface area (Å²) in [6.45, 7) is 2.85. The van der Waals surface area contributed by atoms with Gasteiger partial charge < -0.3 is 15.4 Å². The predicted molar refractivity (Wildman–Crippen MR) is 101 cm³/mol. The molecule has 2 rings (SSSR count). The second-order valence-electron chi connectivity index (χ2n) is 5.44. The second kappa shape index (κ2) is 10.7. The third-order valence-electron chi connectivity index (χ3n) is 3.52. The van der Waals surface area contributed by atoms with Crippen LogP contribution in [0.1, 0.15) is 30.1 Å². The Morgan fingerprint density at radius 3 is 2.77 bits per heavy atom. The number of nitrogens with one attached hydrogen (secondary N) is 2. The number of hydrogen-bond donors (Lipinski definition) is 2. The van der Waals surface area contributed by atoms with Crippen molar-refractivity contribution in [1.82, 2.24) is 15.6 Å². The van der Waals surface area contributed by atoms with E-state index >= 15 is 0 Å². The Balaban J connectivity index is 1.93. The summed E-state index contributed by atoms with van der Waals surface area (Å²) in [5.41, 5.74) is 1.67. The summed E-state index contributed by atoms with van der Waals surface area (Å²) in [7, 11) is 0. The summed E-state index contributed by atoms with van der Waals surface area (Å²) in [6.07, 6.45) is 1.74. The number of para-hydroxylation sites is 1. The van der Waals surface area contributed by atoms with Crippen molar-refractivity contribution in [3.8, 4) is 5.75 Å². The summed E-state index contributed by atoms with van der Waals surface area (Å²) >= 11 is 1.67. The molecule has 0 radical (unpaired) electrons. The molecule has 0 unspecified atom stereocenters.